The van der Waals surface area contributed by atoms with Gasteiger partial charge in [0.25, 0.3) is 0 Å². The molecule has 0 spiro atoms. The topological polar surface area (TPSA) is 47.0 Å². The Labute approximate surface area is 129 Å². The smallest absolute Gasteiger partial charge is 0.222 e. The molecular weight excluding hydrogens is 262 g/mol. The van der Waals surface area contributed by atoms with Gasteiger partial charge in [-0.15, -0.1) is 0 Å². The van der Waals surface area contributed by atoms with Gasteiger partial charge in [0.15, 0.2) is 0 Å². The number of aromatic nitrogens is 2. The molecule has 0 saturated carbocycles. The summed E-state index contributed by atoms with van der Waals surface area (Å²) in [6.07, 6.45) is 4.21. The average molecular weight is 293 g/mol. The zero-order valence-electron chi connectivity index (χ0n) is 14.5. The van der Waals surface area contributed by atoms with E-state index in [2.05, 4.69) is 49.9 Å². The van der Waals surface area contributed by atoms with Gasteiger partial charge >= 0.3 is 0 Å². The fourth-order valence-electron chi connectivity index (χ4n) is 2.31. The lowest BCUT2D eigenvalue weighted by molar-refractivity contribution is 0.183. The van der Waals surface area contributed by atoms with Gasteiger partial charge < -0.3 is 10.1 Å². The summed E-state index contributed by atoms with van der Waals surface area (Å²) < 4.78 is 6.07. The van der Waals surface area contributed by atoms with Crippen LogP contribution in [0.3, 0.4) is 0 Å². The molecule has 0 bridgehead atoms. The number of hydrogen-bond donors (Lipinski definition) is 1. The first-order chi connectivity index (χ1) is 9.97. The second-order valence-electron chi connectivity index (χ2n) is 6.15. The molecule has 0 aliphatic rings. The molecule has 1 rings (SSSR count). The summed E-state index contributed by atoms with van der Waals surface area (Å²) in [5.74, 6) is 3.14. The van der Waals surface area contributed by atoms with Gasteiger partial charge in [-0.3, -0.25) is 0 Å². The van der Waals surface area contributed by atoms with Crippen LogP contribution in [0.4, 0.5) is 5.82 Å². The molecule has 0 amide bonds. The Kier molecular flexibility index (Phi) is 7.48. The van der Waals surface area contributed by atoms with Gasteiger partial charge in [-0.05, 0) is 39.0 Å². The van der Waals surface area contributed by atoms with Crippen LogP contribution >= 0.6 is 0 Å². The second kappa shape index (κ2) is 8.85. The molecule has 1 N–H and O–H groups in total. The van der Waals surface area contributed by atoms with E-state index >= 15 is 0 Å². The molecule has 4 nitrogen and oxygen atoms in total. The van der Waals surface area contributed by atoms with Crippen LogP contribution in [0.2, 0.25) is 0 Å². The number of anilines is 1. The van der Waals surface area contributed by atoms with Crippen LogP contribution in [0, 0.1) is 12.8 Å². The van der Waals surface area contributed by atoms with Crippen LogP contribution in [0.15, 0.2) is 0 Å². The number of aryl methyl sites for hydroxylation is 1. The number of nitrogens with one attached hydrogen (secondary N) is 1. The van der Waals surface area contributed by atoms with E-state index in [4.69, 9.17) is 4.74 Å². The molecule has 1 heterocycles. The van der Waals surface area contributed by atoms with Crippen molar-refractivity contribution in [3.05, 3.63) is 11.4 Å². The lowest BCUT2D eigenvalue weighted by Crippen LogP contribution is -2.18. The summed E-state index contributed by atoms with van der Waals surface area (Å²) in [6, 6.07) is 0. The van der Waals surface area contributed by atoms with Crippen LogP contribution in [0.25, 0.3) is 0 Å². The summed E-state index contributed by atoms with van der Waals surface area (Å²) in [5.41, 5.74) is 1.01. The summed E-state index contributed by atoms with van der Waals surface area (Å²) in [5, 5.41) is 3.38. The molecular formula is C17H31N3O. The summed E-state index contributed by atoms with van der Waals surface area (Å²) in [4.78, 5) is 9.23. The first-order valence-electron chi connectivity index (χ1n) is 8.25. The lowest BCUT2D eigenvalue weighted by Gasteiger charge is -2.19. The van der Waals surface area contributed by atoms with E-state index in [1.165, 1.54) is 0 Å². The van der Waals surface area contributed by atoms with Crippen molar-refractivity contribution < 1.29 is 4.74 Å². The van der Waals surface area contributed by atoms with Crippen LogP contribution in [-0.4, -0.2) is 22.6 Å². The van der Waals surface area contributed by atoms with Crippen molar-refractivity contribution in [3.63, 3.8) is 0 Å². The Hall–Kier alpha value is -1.32. The molecule has 1 unspecified atom stereocenters. The van der Waals surface area contributed by atoms with Gasteiger partial charge in [-0.1, -0.05) is 27.7 Å². The number of ether oxygens (including phenoxy) is 1. The predicted octanol–water partition coefficient (Wildman–Crippen LogP) is 4.37. The molecule has 1 aromatic heterocycles. The van der Waals surface area contributed by atoms with Crippen molar-refractivity contribution in [2.24, 2.45) is 5.92 Å². The Bertz CT molecular complexity index is 432. The van der Waals surface area contributed by atoms with Crippen molar-refractivity contribution in [2.75, 3.05) is 11.9 Å². The Balaban J connectivity index is 2.96. The second-order valence-corrected chi connectivity index (χ2v) is 6.15. The van der Waals surface area contributed by atoms with Crippen molar-refractivity contribution >= 4 is 5.82 Å². The van der Waals surface area contributed by atoms with Crippen molar-refractivity contribution in [1.82, 2.24) is 9.97 Å². The van der Waals surface area contributed by atoms with E-state index in [1.54, 1.807) is 0 Å². The fourth-order valence-corrected chi connectivity index (χ4v) is 2.31. The largest absolute Gasteiger partial charge is 0.474 e. The van der Waals surface area contributed by atoms with Crippen molar-refractivity contribution in [1.29, 1.82) is 0 Å². The quantitative estimate of drug-likeness (QED) is 0.734. The van der Waals surface area contributed by atoms with Crippen LogP contribution in [-0.2, 0) is 6.42 Å². The van der Waals surface area contributed by atoms with Gasteiger partial charge in [0.1, 0.15) is 11.6 Å². The van der Waals surface area contributed by atoms with Crippen molar-refractivity contribution in [2.45, 2.75) is 73.3 Å². The van der Waals surface area contributed by atoms with Gasteiger partial charge in [-0.2, -0.15) is 4.98 Å². The molecule has 0 fully saturated rings. The molecule has 1 aromatic rings. The van der Waals surface area contributed by atoms with Gasteiger partial charge in [0.2, 0.25) is 5.88 Å². The third kappa shape index (κ3) is 5.90. The molecule has 120 valence electrons. The third-order valence-electron chi connectivity index (χ3n) is 3.28. The third-order valence-corrected chi connectivity index (χ3v) is 3.28. The van der Waals surface area contributed by atoms with E-state index in [1.807, 2.05) is 6.92 Å². The molecule has 0 aromatic carbocycles. The number of hydrogen-bond acceptors (Lipinski definition) is 4. The lowest BCUT2D eigenvalue weighted by atomic mass is 10.1. The van der Waals surface area contributed by atoms with Gasteiger partial charge in [0.05, 0.1) is 11.7 Å². The van der Waals surface area contributed by atoms with E-state index < -0.39 is 0 Å². The molecule has 0 aliphatic carbocycles. The molecule has 0 radical (unpaired) electrons. The Morgan fingerprint density at radius 2 is 1.81 bits per heavy atom. The Morgan fingerprint density at radius 3 is 2.38 bits per heavy atom. The molecule has 4 heteroatoms. The highest BCUT2D eigenvalue weighted by Gasteiger charge is 2.15. The van der Waals surface area contributed by atoms with Crippen molar-refractivity contribution in [3.8, 4) is 5.88 Å². The molecule has 21 heavy (non-hydrogen) atoms. The monoisotopic (exact) mass is 293 g/mol. The molecule has 0 saturated heterocycles. The van der Waals surface area contributed by atoms with Crippen LogP contribution < -0.4 is 10.1 Å². The highest BCUT2D eigenvalue weighted by Crippen LogP contribution is 2.24. The number of rotatable bonds is 9. The van der Waals surface area contributed by atoms with E-state index in [-0.39, 0.29) is 6.10 Å². The first kappa shape index (κ1) is 17.7. The number of nitrogens with zero attached hydrogens (tertiary/aromatic N) is 2. The molecule has 1 atom stereocenters. The maximum absolute atomic E-state index is 6.07. The maximum atomic E-state index is 6.07. The normalized spacial score (nSPS) is 12.5. The van der Waals surface area contributed by atoms with E-state index in [0.717, 1.165) is 55.3 Å². The Morgan fingerprint density at radius 1 is 1.10 bits per heavy atom. The van der Waals surface area contributed by atoms with E-state index in [0.29, 0.717) is 5.92 Å². The predicted molar refractivity (Wildman–Crippen MR) is 89.1 cm³/mol. The highest BCUT2D eigenvalue weighted by molar-refractivity contribution is 5.48. The first-order valence-corrected chi connectivity index (χ1v) is 8.25. The standard InChI is InChI=1S/C17H31N3O/c1-7-9-15-19-16(18-10-8-2)14(6)17(20-15)21-13(5)11-12(3)4/h12-13H,7-11H2,1-6H3,(H,18,19,20). The fraction of sp³-hybridized carbons (Fsp3) is 0.765. The summed E-state index contributed by atoms with van der Waals surface area (Å²) >= 11 is 0. The summed E-state index contributed by atoms with van der Waals surface area (Å²) in [6.45, 7) is 13.8. The zero-order chi connectivity index (χ0) is 15.8. The summed E-state index contributed by atoms with van der Waals surface area (Å²) in [7, 11) is 0. The van der Waals surface area contributed by atoms with Gasteiger partial charge in [0, 0.05) is 13.0 Å². The van der Waals surface area contributed by atoms with Crippen LogP contribution in [0.5, 0.6) is 5.88 Å². The maximum Gasteiger partial charge on any atom is 0.222 e. The van der Waals surface area contributed by atoms with Gasteiger partial charge in [-0.25, -0.2) is 4.98 Å². The zero-order valence-corrected chi connectivity index (χ0v) is 14.5. The van der Waals surface area contributed by atoms with E-state index in [9.17, 15) is 0 Å². The molecule has 0 aliphatic heterocycles. The SMILES string of the molecule is CCCNc1nc(CCC)nc(OC(C)CC(C)C)c1C. The minimum Gasteiger partial charge on any atom is -0.474 e. The van der Waals surface area contributed by atoms with Crippen LogP contribution in [0.1, 0.15) is 65.3 Å². The highest BCUT2D eigenvalue weighted by atomic mass is 16.5. The minimum absolute atomic E-state index is 0.173. The average Bonchev–Trinajstić information content (AvgIpc) is 2.40. The minimum atomic E-state index is 0.173.